The average Bonchev–Trinajstić information content (AvgIpc) is 3.19. The van der Waals surface area contributed by atoms with Crippen LogP contribution in [0.4, 0.5) is 5.69 Å². The van der Waals surface area contributed by atoms with Gasteiger partial charge >= 0.3 is 0 Å². The molecule has 10 heteroatoms. The summed E-state index contributed by atoms with van der Waals surface area (Å²) in [4.78, 5) is 31.0. The lowest BCUT2D eigenvalue weighted by Crippen LogP contribution is -2.38. The molecule has 0 aliphatic heterocycles. The van der Waals surface area contributed by atoms with Crippen LogP contribution in [0.5, 0.6) is 5.75 Å². The molecule has 0 unspecified atom stereocenters. The monoisotopic (exact) mass is 476 g/mol. The Morgan fingerprint density at radius 2 is 1.91 bits per heavy atom. The van der Waals surface area contributed by atoms with Crippen molar-refractivity contribution in [1.29, 1.82) is 0 Å². The highest BCUT2D eigenvalue weighted by molar-refractivity contribution is 6.36. The first kappa shape index (κ1) is 23.6. The van der Waals surface area contributed by atoms with Crippen molar-refractivity contribution in [3.05, 3.63) is 69.8 Å². The fourth-order valence-electron chi connectivity index (χ4n) is 2.90. The molecule has 0 saturated carbocycles. The maximum absolute atomic E-state index is 13.0. The minimum absolute atomic E-state index is 0.110. The molecule has 2 aromatic carbocycles. The Kier molecular flexibility index (Phi) is 8.08. The maximum atomic E-state index is 13.0. The van der Waals surface area contributed by atoms with E-state index in [9.17, 15) is 9.59 Å². The molecule has 8 nitrogen and oxygen atoms in total. The average molecular weight is 477 g/mol. The van der Waals surface area contributed by atoms with Crippen LogP contribution in [0, 0.1) is 6.92 Å². The number of aryl methyl sites for hydroxylation is 1. The van der Waals surface area contributed by atoms with Crippen molar-refractivity contribution < 1.29 is 18.8 Å². The van der Waals surface area contributed by atoms with Crippen LogP contribution in [0.2, 0.25) is 10.0 Å². The third kappa shape index (κ3) is 6.45. The van der Waals surface area contributed by atoms with Crippen LogP contribution in [-0.4, -0.2) is 39.9 Å². The first-order chi connectivity index (χ1) is 15.4. The van der Waals surface area contributed by atoms with Gasteiger partial charge in [-0.3, -0.25) is 9.59 Å². The molecule has 0 atom stereocenters. The van der Waals surface area contributed by atoms with E-state index in [1.54, 1.807) is 43.3 Å². The smallest absolute Gasteiger partial charge is 0.254 e. The Hall–Kier alpha value is -3.10. The third-order valence-electron chi connectivity index (χ3n) is 4.36. The first-order valence-electron chi connectivity index (χ1n) is 9.92. The summed E-state index contributed by atoms with van der Waals surface area (Å²) in [5.41, 5.74) is 0.877. The number of benzene rings is 2. The van der Waals surface area contributed by atoms with Gasteiger partial charge in [0.05, 0.1) is 10.7 Å². The predicted molar refractivity (Wildman–Crippen MR) is 121 cm³/mol. The van der Waals surface area contributed by atoms with E-state index in [0.29, 0.717) is 51.7 Å². The highest BCUT2D eigenvalue weighted by Gasteiger charge is 2.19. The molecular weight excluding hydrogens is 455 g/mol. The molecule has 32 heavy (non-hydrogen) atoms. The number of carbonyl (C=O) groups excluding carboxylic acids is 2. The summed E-state index contributed by atoms with van der Waals surface area (Å²) in [6.07, 6.45) is 0.700. The van der Waals surface area contributed by atoms with Gasteiger partial charge in [-0.1, -0.05) is 35.3 Å². The van der Waals surface area contributed by atoms with Gasteiger partial charge in [-0.05, 0) is 48.9 Å². The van der Waals surface area contributed by atoms with Crippen molar-refractivity contribution in [3.63, 3.8) is 0 Å². The lowest BCUT2D eigenvalue weighted by molar-refractivity contribution is -0.116. The minimum atomic E-state index is -0.355. The zero-order valence-corrected chi connectivity index (χ0v) is 19.1. The molecule has 0 spiro atoms. The molecule has 0 saturated heterocycles. The van der Waals surface area contributed by atoms with Crippen molar-refractivity contribution in [2.75, 3.05) is 18.4 Å². The topological polar surface area (TPSA) is 97.6 Å². The highest BCUT2D eigenvalue weighted by Crippen LogP contribution is 2.25. The summed E-state index contributed by atoms with van der Waals surface area (Å²) in [5.74, 6) is 0.837. The molecule has 0 fully saturated rings. The number of rotatable bonds is 9. The van der Waals surface area contributed by atoms with Crippen LogP contribution < -0.4 is 10.1 Å². The highest BCUT2D eigenvalue weighted by atomic mass is 35.5. The fraction of sp³-hybridized carbons (Fsp3) is 0.273. The fourth-order valence-corrected chi connectivity index (χ4v) is 3.36. The summed E-state index contributed by atoms with van der Waals surface area (Å²) in [5, 5.41) is 7.27. The molecule has 3 aromatic rings. The summed E-state index contributed by atoms with van der Waals surface area (Å²) in [6, 6.07) is 11.4. The van der Waals surface area contributed by atoms with Gasteiger partial charge in [0.25, 0.3) is 5.91 Å². The molecule has 168 valence electrons. The molecule has 3 rings (SSSR count). The summed E-state index contributed by atoms with van der Waals surface area (Å²) >= 11 is 12.0. The second-order valence-corrected chi connectivity index (χ2v) is 7.79. The Balaban J connectivity index is 1.61. The minimum Gasteiger partial charge on any atom is -0.485 e. The van der Waals surface area contributed by atoms with Gasteiger partial charge in [0.15, 0.2) is 6.61 Å². The van der Waals surface area contributed by atoms with E-state index >= 15 is 0 Å². The molecule has 0 bridgehead atoms. The van der Waals surface area contributed by atoms with Crippen LogP contribution in [0.1, 0.15) is 35.4 Å². The molecule has 0 aliphatic carbocycles. The largest absolute Gasteiger partial charge is 0.485 e. The van der Waals surface area contributed by atoms with Gasteiger partial charge in [0.1, 0.15) is 12.3 Å². The lowest BCUT2D eigenvalue weighted by atomic mass is 10.2. The second kappa shape index (κ2) is 11.0. The third-order valence-corrected chi connectivity index (χ3v) is 4.91. The number of nitrogens with one attached hydrogen (secondary N) is 1. The molecule has 1 heterocycles. The molecule has 0 aliphatic rings. The van der Waals surface area contributed by atoms with E-state index < -0.39 is 0 Å². The van der Waals surface area contributed by atoms with Crippen molar-refractivity contribution in [2.45, 2.75) is 26.9 Å². The number of halogens is 2. The number of anilines is 1. The number of ether oxygens (including phenoxy) is 1. The number of aromatic nitrogens is 2. The van der Waals surface area contributed by atoms with Gasteiger partial charge in [-0.25, -0.2) is 0 Å². The Labute approximate surface area is 195 Å². The maximum Gasteiger partial charge on any atom is 0.254 e. The van der Waals surface area contributed by atoms with Gasteiger partial charge in [-0.15, -0.1) is 0 Å². The molecule has 1 N–H and O–H groups in total. The first-order valence-corrected chi connectivity index (χ1v) is 10.7. The lowest BCUT2D eigenvalue weighted by Gasteiger charge is -2.22. The van der Waals surface area contributed by atoms with Crippen molar-refractivity contribution in [2.24, 2.45) is 0 Å². The van der Waals surface area contributed by atoms with Gasteiger partial charge in [0, 0.05) is 24.1 Å². The molecular formula is C22H22Cl2N4O4. The predicted octanol–water partition coefficient (Wildman–Crippen LogP) is 4.75. The quantitative estimate of drug-likeness (QED) is 0.478. The zero-order chi connectivity index (χ0) is 23.1. The van der Waals surface area contributed by atoms with Crippen LogP contribution in [0.25, 0.3) is 0 Å². The van der Waals surface area contributed by atoms with E-state index in [4.69, 9.17) is 32.5 Å². The van der Waals surface area contributed by atoms with Gasteiger partial charge in [-0.2, -0.15) is 4.98 Å². The van der Waals surface area contributed by atoms with Crippen molar-refractivity contribution >= 4 is 40.7 Å². The summed E-state index contributed by atoms with van der Waals surface area (Å²) < 4.78 is 10.5. The standard InChI is InChI=1S/C22H22Cl2N4O4/c1-3-10-28(12-21(29)26-19-9-6-16(23)11-18(19)24)22(30)15-4-7-17(8-5-15)31-13-20-25-14(2)32-27-20/h4-9,11H,3,10,12-13H2,1-2H3,(H,26,29). The van der Waals surface area contributed by atoms with Gasteiger partial charge < -0.3 is 19.5 Å². The van der Waals surface area contributed by atoms with E-state index in [2.05, 4.69) is 15.5 Å². The van der Waals surface area contributed by atoms with E-state index in [-0.39, 0.29) is 25.0 Å². The van der Waals surface area contributed by atoms with Crippen LogP contribution >= 0.6 is 23.2 Å². The normalized spacial score (nSPS) is 10.6. The summed E-state index contributed by atoms with van der Waals surface area (Å²) in [7, 11) is 0. The van der Waals surface area contributed by atoms with Crippen LogP contribution in [-0.2, 0) is 11.4 Å². The number of nitrogens with zero attached hydrogens (tertiary/aromatic N) is 3. The zero-order valence-electron chi connectivity index (χ0n) is 17.6. The van der Waals surface area contributed by atoms with E-state index in [1.807, 2.05) is 6.92 Å². The Morgan fingerprint density at radius 3 is 2.53 bits per heavy atom. The van der Waals surface area contributed by atoms with Crippen LogP contribution in [0.3, 0.4) is 0 Å². The number of amides is 2. The van der Waals surface area contributed by atoms with Crippen molar-refractivity contribution in [1.82, 2.24) is 15.0 Å². The van der Waals surface area contributed by atoms with Crippen LogP contribution in [0.15, 0.2) is 47.0 Å². The van der Waals surface area contributed by atoms with E-state index in [0.717, 1.165) is 0 Å². The van der Waals surface area contributed by atoms with Crippen molar-refractivity contribution in [3.8, 4) is 5.75 Å². The number of hydrogen-bond donors (Lipinski definition) is 1. The van der Waals surface area contributed by atoms with Gasteiger partial charge in [0.2, 0.25) is 17.6 Å². The molecule has 1 aromatic heterocycles. The SMILES string of the molecule is CCCN(CC(=O)Nc1ccc(Cl)cc1Cl)C(=O)c1ccc(OCc2noc(C)n2)cc1. The Bertz CT molecular complexity index is 1090. The summed E-state index contributed by atoms with van der Waals surface area (Å²) in [6.45, 7) is 4.10. The molecule has 0 radical (unpaired) electrons. The molecule has 2 amide bonds. The second-order valence-electron chi connectivity index (χ2n) is 6.94. The van der Waals surface area contributed by atoms with E-state index in [1.165, 1.54) is 11.0 Å². The number of carbonyl (C=O) groups is 2. The number of hydrogen-bond acceptors (Lipinski definition) is 6. The Morgan fingerprint density at radius 1 is 1.16 bits per heavy atom.